The van der Waals surface area contributed by atoms with E-state index in [0.717, 1.165) is 17.1 Å². The van der Waals surface area contributed by atoms with Gasteiger partial charge in [0.1, 0.15) is 0 Å². The molecule has 4 rings (SSSR count). The van der Waals surface area contributed by atoms with E-state index in [1.54, 1.807) is 71.6 Å². The summed E-state index contributed by atoms with van der Waals surface area (Å²) in [4.78, 5) is 28.1. The number of hydrogen-bond acceptors (Lipinski definition) is 4. The maximum absolute atomic E-state index is 13.2. The maximum Gasteiger partial charge on any atom is 0.264 e. The second kappa shape index (κ2) is 9.46. The number of rotatable bonds is 6. The van der Waals surface area contributed by atoms with E-state index in [1.165, 1.54) is 19.2 Å². The van der Waals surface area contributed by atoms with Crippen LogP contribution in [0.3, 0.4) is 0 Å². The van der Waals surface area contributed by atoms with Gasteiger partial charge in [0.25, 0.3) is 21.8 Å². The van der Waals surface area contributed by atoms with Crippen molar-refractivity contribution in [2.24, 2.45) is 0 Å². The molecule has 1 fully saturated rings. The third-order valence-electron chi connectivity index (χ3n) is 5.69. The summed E-state index contributed by atoms with van der Waals surface area (Å²) in [5.74, 6) is -0.622. The molecule has 0 bridgehead atoms. The number of amides is 2. The monoisotopic (exact) mass is 463 g/mol. The van der Waals surface area contributed by atoms with Gasteiger partial charge in [0.15, 0.2) is 0 Å². The Morgan fingerprint density at radius 3 is 2.09 bits per heavy atom. The lowest BCUT2D eigenvalue weighted by atomic mass is 10.1. The minimum absolute atomic E-state index is 0.125. The molecule has 7 nitrogen and oxygen atoms in total. The predicted octanol–water partition coefficient (Wildman–Crippen LogP) is 4.00. The molecular weight excluding hydrogens is 438 g/mol. The topological polar surface area (TPSA) is 86.8 Å². The Balaban J connectivity index is 1.63. The van der Waals surface area contributed by atoms with E-state index in [0.29, 0.717) is 24.3 Å². The van der Waals surface area contributed by atoms with Gasteiger partial charge in [0.05, 0.1) is 27.4 Å². The highest BCUT2D eigenvalue weighted by molar-refractivity contribution is 7.92. The molecule has 1 N–H and O–H groups in total. The summed E-state index contributed by atoms with van der Waals surface area (Å²) in [6, 6.07) is 21.4. The molecule has 1 saturated heterocycles. The first kappa shape index (κ1) is 22.5. The molecule has 8 heteroatoms. The summed E-state index contributed by atoms with van der Waals surface area (Å²) in [5.41, 5.74) is 1.23. The van der Waals surface area contributed by atoms with Crippen LogP contribution in [-0.2, 0) is 10.0 Å². The van der Waals surface area contributed by atoms with Crippen LogP contribution in [0.2, 0.25) is 0 Å². The van der Waals surface area contributed by atoms with Gasteiger partial charge in [-0.15, -0.1) is 0 Å². The number of carbonyl (C=O) groups is 2. The molecule has 2 amide bonds. The van der Waals surface area contributed by atoms with Crippen LogP contribution in [-0.4, -0.2) is 45.3 Å². The normalized spacial score (nSPS) is 13.5. The minimum Gasteiger partial charge on any atom is -0.339 e. The predicted molar refractivity (Wildman–Crippen MR) is 128 cm³/mol. The van der Waals surface area contributed by atoms with Crippen LogP contribution < -0.4 is 9.62 Å². The van der Waals surface area contributed by atoms with Crippen LogP contribution in [0.25, 0.3) is 0 Å². The average Bonchev–Trinajstić information content (AvgIpc) is 3.39. The van der Waals surface area contributed by atoms with Gasteiger partial charge in [0.2, 0.25) is 0 Å². The first-order valence-corrected chi connectivity index (χ1v) is 12.2. The summed E-state index contributed by atoms with van der Waals surface area (Å²) < 4.78 is 27.3. The van der Waals surface area contributed by atoms with Crippen LogP contribution in [0.1, 0.15) is 33.6 Å². The van der Waals surface area contributed by atoms with Gasteiger partial charge in [-0.2, -0.15) is 0 Å². The van der Waals surface area contributed by atoms with Crippen molar-refractivity contribution in [3.8, 4) is 0 Å². The third-order valence-corrected chi connectivity index (χ3v) is 7.47. The van der Waals surface area contributed by atoms with Gasteiger partial charge in [-0.3, -0.25) is 13.9 Å². The van der Waals surface area contributed by atoms with Crippen LogP contribution in [0.15, 0.2) is 83.8 Å². The number of nitrogens with zero attached hydrogens (tertiary/aromatic N) is 2. The second-order valence-corrected chi connectivity index (χ2v) is 9.77. The fourth-order valence-corrected chi connectivity index (χ4v) is 5.11. The zero-order valence-electron chi connectivity index (χ0n) is 18.3. The summed E-state index contributed by atoms with van der Waals surface area (Å²) in [6.07, 6.45) is 1.94. The van der Waals surface area contributed by atoms with Crippen LogP contribution >= 0.6 is 0 Å². The lowest BCUT2D eigenvalue weighted by molar-refractivity contribution is 0.0794. The van der Waals surface area contributed by atoms with E-state index in [4.69, 9.17) is 0 Å². The van der Waals surface area contributed by atoms with E-state index in [9.17, 15) is 18.0 Å². The van der Waals surface area contributed by atoms with E-state index >= 15 is 0 Å². The Labute approximate surface area is 193 Å². The Morgan fingerprint density at radius 2 is 1.39 bits per heavy atom. The number of carbonyl (C=O) groups excluding carboxylic acids is 2. The SMILES string of the molecule is CN(c1ccccc1C(=O)Nc1ccccc1C(=O)N1CCCC1)S(=O)(=O)c1ccccc1. The summed E-state index contributed by atoms with van der Waals surface area (Å²) >= 11 is 0. The molecule has 170 valence electrons. The lowest BCUT2D eigenvalue weighted by Crippen LogP contribution is -2.30. The van der Waals surface area contributed by atoms with Crippen molar-refractivity contribution in [2.75, 3.05) is 29.8 Å². The smallest absolute Gasteiger partial charge is 0.264 e. The zero-order chi connectivity index (χ0) is 23.4. The Hall–Kier alpha value is -3.65. The van der Waals surface area contributed by atoms with E-state index in [-0.39, 0.29) is 22.1 Å². The van der Waals surface area contributed by atoms with E-state index < -0.39 is 15.9 Å². The maximum atomic E-state index is 13.2. The van der Waals surface area contributed by atoms with Crippen molar-refractivity contribution < 1.29 is 18.0 Å². The molecule has 0 radical (unpaired) electrons. The highest BCUT2D eigenvalue weighted by Crippen LogP contribution is 2.27. The Morgan fingerprint density at radius 1 is 0.818 bits per heavy atom. The molecule has 1 heterocycles. The molecule has 0 spiro atoms. The molecule has 33 heavy (non-hydrogen) atoms. The molecule has 1 aliphatic rings. The summed E-state index contributed by atoms with van der Waals surface area (Å²) in [5, 5.41) is 2.81. The van der Waals surface area contributed by atoms with E-state index in [1.807, 2.05) is 0 Å². The fourth-order valence-electron chi connectivity index (χ4n) is 3.88. The minimum atomic E-state index is -3.86. The molecule has 3 aromatic rings. The third kappa shape index (κ3) is 4.61. The van der Waals surface area contributed by atoms with Gasteiger partial charge in [-0.1, -0.05) is 42.5 Å². The van der Waals surface area contributed by atoms with Crippen molar-refractivity contribution in [2.45, 2.75) is 17.7 Å². The van der Waals surface area contributed by atoms with Gasteiger partial charge < -0.3 is 10.2 Å². The number of likely N-dealkylation sites (tertiary alicyclic amines) is 1. The first-order chi connectivity index (χ1) is 15.9. The van der Waals surface area contributed by atoms with Crippen LogP contribution in [0.5, 0.6) is 0 Å². The van der Waals surface area contributed by atoms with Crippen LogP contribution in [0, 0.1) is 0 Å². The fraction of sp³-hybridized carbons (Fsp3) is 0.200. The zero-order valence-corrected chi connectivity index (χ0v) is 19.1. The molecule has 0 aromatic heterocycles. The van der Waals surface area contributed by atoms with Crippen molar-refractivity contribution in [3.05, 3.63) is 90.0 Å². The summed E-state index contributed by atoms with van der Waals surface area (Å²) in [6.45, 7) is 1.40. The van der Waals surface area contributed by atoms with E-state index in [2.05, 4.69) is 5.32 Å². The van der Waals surface area contributed by atoms with Gasteiger partial charge >= 0.3 is 0 Å². The Kier molecular flexibility index (Phi) is 6.46. The quantitative estimate of drug-likeness (QED) is 0.599. The van der Waals surface area contributed by atoms with Crippen molar-refractivity contribution >= 4 is 33.2 Å². The standard InChI is InChI=1S/C25H25N3O4S/c1-27(33(31,32)19-11-3-2-4-12-19)23-16-8-6-14-21(23)24(29)26-22-15-7-5-13-20(22)25(30)28-17-9-10-18-28/h2-8,11-16H,9-10,17-18H2,1H3,(H,26,29). The van der Waals surface area contributed by atoms with Crippen molar-refractivity contribution in [1.82, 2.24) is 4.90 Å². The lowest BCUT2D eigenvalue weighted by Gasteiger charge is -2.22. The molecule has 0 aliphatic carbocycles. The second-order valence-electron chi connectivity index (χ2n) is 7.80. The molecule has 0 unspecified atom stereocenters. The Bertz CT molecular complexity index is 1270. The number of para-hydroxylation sites is 2. The highest BCUT2D eigenvalue weighted by Gasteiger charge is 2.26. The van der Waals surface area contributed by atoms with Gasteiger partial charge in [0, 0.05) is 20.1 Å². The van der Waals surface area contributed by atoms with Crippen molar-refractivity contribution in [1.29, 1.82) is 0 Å². The first-order valence-electron chi connectivity index (χ1n) is 10.7. The van der Waals surface area contributed by atoms with Gasteiger partial charge in [-0.25, -0.2) is 8.42 Å². The average molecular weight is 464 g/mol. The molecular formula is C25H25N3O4S. The number of benzene rings is 3. The largest absolute Gasteiger partial charge is 0.339 e. The molecule has 3 aromatic carbocycles. The highest BCUT2D eigenvalue weighted by atomic mass is 32.2. The van der Waals surface area contributed by atoms with Crippen molar-refractivity contribution in [3.63, 3.8) is 0 Å². The number of anilines is 2. The molecule has 0 saturated carbocycles. The van der Waals surface area contributed by atoms with Gasteiger partial charge in [-0.05, 0) is 49.2 Å². The summed E-state index contributed by atoms with van der Waals surface area (Å²) in [7, 11) is -2.45. The van der Waals surface area contributed by atoms with Crippen LogP contribution in [0.4, 0.5) is 11.4 Å². The molecule has 0 atom stereocenters. The number of sulfonamides is 1. The number of hydrogen-bond donors (Lipinski definition) is 1. The number of nitrogens with one attached hydrogen (secondary N) is 1. The molecule has 1 aliphatic heterocycles.